The standard InChI is InChI=1S/C48H57N3O6/c1-30-44(28-51-17-16-38-21-42(54-2)43(55-3)22-40(38)27-51)56-46(57-45(30)36-10-8-31(29-52)9-11-36)37-14-12-35(13-15-37)41-7-5-4-6-39(41)26-49-47(53)50-48-23-32-18-33(24-48)20-34(19-32)25-48/h4-15,21-22,30,32-34,44-46,52H,16-20,23-29H2,1-3H3,(H2,49,50,53)/t30-,32?,33?,34?,44+,45+,46+,48?/m1/s1. The van der Waals surface area contributed by atoms with Crippen LogP contribution < -0.4 is 20.1 Å². The predicted molar refractivity (Wildman–Crippen MR) is 220 cm³/mol. The van der Waals surface area contributed by atoms with Gasteiger partial charge in [0.15, 0.2) is 17.8 Å². The fourth-order valence-corrected chi connectivity index (χ4v) is 11.2. The Morgan fingerprint density at radius 2 is 1.49 bits per heavy atom. The Balaban J connectivity index is 0.904. The van der Waals surface area contributed by atoms with Gasteiger partial charge in [-0.2, -0.15) is 0 Å². The van der Waals surface area contributed by atoms with Gasteiger partial charge in [0.2, 0.25) is 0 Å². The Hall–Kier alpha value is -4.41. The molecule has 0 aromatic heterocycles. The topological polar surface area (TPSA) is 102 Å². The Morgan fingerprint density at radius 1 is 0.842 bits per heavy atom. The quantitative estimate of drug-likeness (QED) is 0.141. The zero-order valence-electron chi connectivity index (χ0n) is 33.5. The van der Waals surface area contributed by atoms with Gasteiger partial charge in [-0.25, -0.2) is 4.79 Å². The smallest absolute Gasteiger partial charge is 0.315 e. The summed E-state index contributed by atoms with van der Waals surface area (Å²) >= 11 is 0. The SMILES string of the molecule is COc1cc2c(cc1OC)CN(C[C@@H]1O[C@H](c3ccc(-c4ccccc4CNC(=O)NC45CC6CC(CC(C6)C4)C5)cc3)O[C@H](c3ccc(CO)cc3)[C@@H]1C)CC2. The van der Waals surface area contributed by atoms with Crippen molar-refractivity contribution in [3.63, 3.8) is 0 Å². The van der Waals surface area contributed by atoms with Gasteiger partial charge in [-0.05, 0) is 114 Å². The van der Waals surface area contributed by atoms with Gasteiger partial charge in [-0.15, -0.1) is 0 Å². The van der Waals surface area contributed by atoms with Crippen LogP contribution in [0, 0.1) is 23.7 Å². The molecule has 300 valence electrons. The van der Waals surface area contributed by atoms with Crippen molar-refractivity contribution in [2.75, 3.05) is 27.3 Å². The van der Waals surface area contributed by atoms with E-state index >= 15 is 0 Å². The fourth-order valence-electron chi connectivity index (χ4n) is 11.2. The number of aliphatic hydroxyl groups is 1. The highest BCUT2D eigenvalue weighted by atomic mass is 16.7. The average Bonchev–Trinajstić information content (AvgIpc) is 3.22. The van der Waals surface area contributed by atoms with E-state index in [-0.39, 0.29) is 36.3 Å². The van der Waals surface area contributed by atoms with Crippen molar-refractivity contribution in [2.24, 2.45) is 23.7 Å². The first kappa shape index (κ1) is 38.1. The lowest BCUT2D eigenvalue weighted by Crippen LogP contribution is -2.61. The van der Waals surface area contributed by atoms with E-state index in [9.17, 15) is 9.90 Å². The number of hydrogen-bond acceptors (Lipinski definition) is 7. The van der Waals surface area contributed by atoms with Crippen molar-refractivity contribution in [2.45, 2.75) is 95.6 Å². The first-order chi connectivity index (χ1) is 27.8. The molecule has 57 heavy (non-hydrogen) atoms. The van der Waals surface area contributed by atoms with Crippen LogP contribution in [0.4, 0.5) is 4.79 Å². The fraction of sp³-hybridized carbons (Fsp3) is 0.479. The number of carbonyl (C=O) groups is 1. The lowest BCUT2D eigenvalue weighted by molar-refractivity contribution is -0.276. The van der Waals surface area contributed by atoms with Crippen LogP contribution in [0.2, 0.25) is 0 Å². The van der Waals surface area contributed by atoms with Gasteiger partial charge in [0.05, 0.1) is 33.0 Å². The van der Waals surface area contributed by atoms with E-state index in [4.69, 9.17) is 18.9 Å². The minimum absolute atomic E-state index is 0.00336. The summed E-state index contributed by atoms with van der Waals surface area (Å²) in [4.78, 5) is 15.8. The molecule has 4 aromatic rings. The van der Waals surface area contributed by atoms with Crippen LogP contribution in [-0.2, 0) is 35.6 Å². The van der Waals surface area contributed by atoms with E-state index < -0.39 is 6.29 Å². The molecule has 1 saturated heterocycles. The van der Waals surface area contributed by atoms with Gasteiger partial charge in [-0.1, -0.05) is 79.7 Å². The number of carbonyl (C=O) groups excluding carboxylic acids is 1. The minimum atomic E-state index is -0.561. The van der Waals surface area contributed by atoms with Gasteiger partial charge < -0.3 is 34.7 Å². The maximum Gasteiger partial charge on any atom is 0.315 e. The number of nitrogens with one attached hydrogen (secondary N) is 2. The van der Waals surface area contributed by atoms with E-state index in [0.29, 0.717) is 6.54 Å². The third kappa shape index (κ3) is 7.92. The van der Waals surface area contributed by atoms with Crippen LogP contribution in [0.15, 0.2) is 84.9 Å². The molecule has 9 heteroatoms. The molecular weight excluding hydrogens is 715 g/mol. The summed E-state index contributed by atoms with van der Waals surface area (Å²) < 4.78 is 24.9. The zero-order valence-corrected chi connectivity index (χ0v) is 33.5. The number of hydrogen-bond donors (Lipinski definition) is 3. The Morgan fingerprint density at radius 3 is 2.16 bits per heavy atom. The predicted octanol–water partition coefficient (Wildman–Crippen LogP) is 8.48. The number of methoxy groups -OCH3 is 2. The summed E-state index contributed by atoms with van der Waals surface area (Å²) in [5.41, 5.74) is 8.69. The summed E-state index contributed by atoms with van der Waals surface area (Å²) in [6.45, 7) is 5.16. The molecule has 0 radical (unpaired) electrons. The third-order valence-corrected chi connectivity index (χ3v) is 13.7. The lowest BCUT2D eigenvalue weighted by atomic mass is 9.53. The molecule has 5 fully saturated rings. The number of rotatable bonds is 11. The Kier molecular flexibility index (Phi) is 10.8. The molecule has 4 saturated carbocycles. The van der Waals surface area contributed by atoms with Gasteiger partial charge in [-0.3, -0.25) is 4.90 Å². The maximum absolute atomic E-state index is 13.3. The first-order valence-corrected chi connectivity index (χ1v) is 21.0. The molecule has 6 aliphatic rings. The van der Waals surface area contributed by atoms with Gasteiger partial charge in [0, 0.05) is 43.2 Å². The Bertz CT molecular complexity index is 2020. The van der Waals surface area contributed by atoms with Gasteiger partial charge in [0.25, 0.3) is 0 Å². The summed E-state index contributed by atoms with van der Waals surface area (Å²) in [6.07, 6.45) is 7.55. The third-order valence-electron chi connectivity index (χ3n) is 13.7. The van der Waals surface area contributed by atoms with Crippen LogP contribution in [0.5, 0.6) is 11.5 Å². The van der Waals surface area contributed by atoms with Crippen molar-refractivity contribution >= 4 is 6.03 Å². The first-order valence-electron chi connectivity index (χ1n) is 21.0. The normalized spacial score (nSPS) is 29.1. The molecule has 10 rings (SSSR count). The number of aliphatic hydroxyl groups excluding tert-OH is 1. The number of fused-ring (bicyclic) bond motifs is 1. The summed E-state index contributed by atoms with van der Waals surface area (Å²) in [6, 6.07) is 29.1. The summed E-state index contributed by atoms with van der Waals surface area (Å²) in [5, 5.41) is 16.4. The second-order valence-electron chi connectivity index (χ2n) is 17.6. The van der Waals surface area contributed by atoms with Crippen LogP contribution in [0.1, 0.15) is 91.2 Å². The van der Waals surface area contributed by atoms with Gasteiger partial charge in [0.1, 0.15) is 0 Å². The molecule has 0 unspecified atom stereocenters. The van der Waals surface area contributed by atoms with Crippen LogP contribution in [-0.4, -0.2) is 55.0 Å². The largest absolute Gasteiger partial charge is 0.493 e. The van der Waals surface area contributed by atoms with E-state index in [1.807, 2.05) is 18.2 Å². The molecule has 4 atom stereocenters. The molecule has 2 aliphatic heterocycles. The van der Waals surface area contributed by atoms with Crippen molar-refractivity contribution in [1.82, 2.24) is 15.5 Å². The molecule has 9 nitrogen and oxygen atoms in total. The molecule has 0 spiro atoms. The number of nitrogens with zero attached hydrogens (tertiary/aromatic N) is 1. The monoisotopic (exact) mass is 771 g/mol. The molecular formula is C48H57N3O6. The lowest BCUT2D eigenvalue weighted by Gasteiger charge is -2.56. The molecule has 2 heterocycles. The number of amides is 2. The highest BCUT2D eigenvalue weighted by Crippen LogP contribution is 2.55. The van der Waals surface area contributed by atoms with Crippen molar-refractivity contribution in [3.05, 3.63) is 118 Å². The van der Waals surface area contributed by atoms with Crippen molar-refractivity contribution < 1.29 is 28.8 Å². The van der Waals surface area contributed by atoms with Crippen LogP contribution >= 0.6 is 0 Å². The average molecular weight is 772 g/mol. The molecule has 4 aromatic carbocycles. The van der Waals surface area contributed by atoms with E-state index in [0.717, 1.165) is 108 Å². The molecule has 4 bridgehead atoms. The highest BCUT2D eigenvalue weighted by molar-refractivity contribution is 5.76. The maximum atomic E-state index is 13.3. The second kappa shape index (κ2) is 16.1. The van der Waals surface area contributed by atoms with Gasteiger partial charge >= 0.3 is 6.03 Å². The number of ether oxygens (including phenoxy) is 4. The van der Waals surface area contributed by atoms with E-state index in [1.54, 1.807) is 14.2 Å². The van der Waals surface area contributed by atoms with Crippen LogP contribution in [0.25, 0.3) is 11.1 Å². The summed E-state index contributed by atoms with van der Waals surface area (Å²) in [7, 11) is 3.37. The van der Waals surface area contributed by atoms with E-state index in [2.05, 4.69) is 89.2 Å². The Labute approximate surface area is 337 Å². The number of urea groups is 1. The highest BCUT2D eigenvalue weighted by Gasteiger charge is 2.51. The molecule has 4 aliphatic carbocycles. The van der Waals surface area contributed by atoms with Crippen LogP contribution in [0.3, 0.4) is 0 Å². The zero-order chi connectivity index (χ0) is 39.1. The van der Waals surface area contributed by atoms with E-state index in [1.165, 1.54) is 30.4 Å². The minimum Gasteiger partial charge on any atom is -0.493 e. The molecule has 3 N–H and O–H groups in total. The summed E-state index contributed by atoms with van der Waals surface area (Å²) in [5.74, 6) is 3.95. The van der Waals surface area contributed by atoms with Crippen molar-refractivity contribution in [3.8, 4) is 22.6 Å². The second-order valence-corrected chi connectivity index (χ2v) is 17.6. The van der Waals surface area contributed by atoms with Crippen molar-refractivity contribution in [1.29, 1.82) is 0 Å². The molecule has 2 amide bonds. The number of benzene rings is 4.